The summed E-state index contributed by atoms with van der Waals surface area (Å²) in [6, 6.07) is 4.04. The summed E-state index contributed by atoms with van der Waals surface area (Å²) in [6.07, 6.45) is 9.80. The van der Waals surface area contributed by atoms with E-state index in [2.05, 4.69) is 30.6 Å². The Morgan fingerprint density at radius 2 is 2.46 bits per heavy atom. The Morgan fingerprint density at radius 3 is 3.00 bits per heavy atom. The molecule has 0 saturated carbocycles. The van der Waals surface area contributed by atoms with Crippen molar-refractivity contribution in [2.75, 3.05) is 0 Å². The SMILES string of the molecule is C=C/C=C(\CCC)c1cccnc1. The highest BCUT2D eigenvalue weighted by Gasteiger charge is 1.97. The van der Waals surface area contributed by atoms with Gasteiger partial charge in [-0.3, -0.25) is 4.98 Å². The maximum Gasteiger partial charge on any atom is 0.0343 e. The van der Waals surface area contributed by atoms with Gasteiger partial charge in [-0.25, -0.2) is 0 Å². The minimum Gasteiger partial charge on any atom is -0.264 e. The summed E-state index contributed by atoms with van der Waals surface area (Å²) in [7, 11) is 0. The molecule has 0 aliphatic heterocycles. The smallest absolute Gasteiger partial charge is 0.0343 e. The van der Waals surface area contributed by atoms with Crippen LogP contribution in [0.4, 0.5) is 0 Å². The van der Waals surface area contributed by atoms with E-state index in [9.17, 15) is 0 Å². The van der Waals surface area contributed by atoms with Crippen LogP contribution in [0.15, 0.2) is 43.3 Å². The molecule has 0 spiro atoms. The molecule has 0 bridgehead atoms. The van der Waals surface area contributed by atoms with Crippen molar-refractivity contribution >= 4 is 5.57 Å². The first kappa shape index (κ1) is 9.72. The van der Waals surface area contributed by atoms with Crippen LogP contribution in [0.5, 0.6) is 0 Å². The molecule has 68 valence electrons. The lowest BCUT2D eigenvalue weighted by Crippen LogP contribution is -1.84. The van der Waals surface area contributed by atoms with E-state index in [1.165, 1.54) is 11.1 Å². The van der Waals surface area contributed by atoms with Crippen molar-refractivity contribution in [3.63, 3.8) is 0 Å². The predicted molar refractivity (Wildman–Crippen MR) is 57.3 cm³/mol. The molecule has 0 radical (unpaired) electrons. The normalized spacial score (nSPS) is 11.3. The van der Waals surface area contributed by atoms with E-state index in [1.54, 1.807) is 6.20 Å². The van der Waals surface area contributed by atoms with Gasteiger partial charge in [-0.2, -0.15) is 0 Å². The Hall–Kier alpha value is -1.37. The molecular formula is C12H15N. The number of aromatic nitrogens is 1. The van der Waals surface area contributed by atoms with Crippen molar-refractivity contribution in [3.05, 3.63) is 48.8 Å². The summed E-state index contributed by atoms with van der Waals surface area (Å²) in [4.78, 5) is 4.09. The average Bonchev–Trinajstić information content (AvgIpc) is 2.19. The van der Waals surface area contributed by atoms with Crippen molar-refractivity contribution in [2.45, 2.75) is 19.8 Å². The van der Waals surface area contributed by atoms with Gasteiger partial charge in [0.15, 0.2) is 0 Å². The van der Waals surface area contributed by atoms with Gasteiger partial charge in [-0.15, -0.1) is 0 Å². The largest absolute Gasteiger partial charge is 0.264 e. The molecule has 1 nitrogen and oxygen atoms in total. The molecule has 0 atom stereocenters. The maximum atomic E-state index is 4.09. The lowest BCUT2D eigenvalue weighted by Gasteiger charge is -2.03. The Kier molecular flexibility index (Phi) is 3.97. The monoisotopic (exact) mass is 173 g/mol. The fraction of sp³-hybridized carbons (Fsp3) is 0.250. The third kappa shape index (κ3) is 2.86. The lowest BCUT2D eigenvalue weighted by atomic mass is 10.0. The molecule has 1 aromatic rings. The van der Waals surface area contributed by atoms with E-state index in [-0.39, 0.29) is 0 Å². The summed E-state index contributed by atoms with van der Waals surface area (Å²) in [5, 5.41) is 0. The zero-order chi connectivity index (χ0) is 9.52. The van der Waals surface area contributed by atoms with Gasteiger partial charge >= 0.3 is 0 Å². The van der Waals surface area contributed by atoms with Crippen LogP contribution >= 0.6 is 0 Å². The first-order valence-corrected chi connectivity index (χ1v) is 4.60. The van der Waals surface area contributed by atoms with Gasteiger partial charge in [0, 0.05) is 12.4 Å². The molecule has 0 aromatic carbocycles. The summed E-state index contributed by atoms with van der Waals surface area (Å²) in [5.74, 6) is 0. The molecule has 0 aliphatic carbocycles. The van der Waals surface area contributed by atoms with E-state index in [1.807, 2.05) is 18.3 Å². The maximum absolute atomic E-state index is 4.09. The van der Waals surface area contributed by atoms with Crippen molar-refractivity contribution < 1.29 is 0 Å². The first-order valence-electron chi connectivity index (χ1n) is 4.60. The van der Waals surface area contributed by atoms with Crippen LogP contribution in [0.2, 0.25) is 0 Å². The molecule has 1 aromatic heterocycles. The van der Waals surface area contributed by atoms with Gasteiger partial charge in [0.1, 0.15) is 0 Å². The van der Waals surface area contributed by atoms with Gasteiger partial charge in [0.2, 0.25) is 0 Å². The molecule has 0 N–H and O–H groups in total. The van der Waals surface area contributed by atoms with Crippen LogP contribution in [0, 0.1) is 0 Å². The van der Waals surface area contributed by atoms with Gasteiger partial charge < -0.3 is 0 Å². The fourth-order valence-corrected chi connectivity index (χ4v) is 1.29. The lowest BCUT2D eigenvalue weighted by molar-refractivity contribution is 0.972. The standard InChI is InChI=1S/C12H15N/c1-3-6-11(7-4-2)12-8-5-9-13-10-12/h3,5-6,8-10H,1,4,7H2,2H3/b11-6+. The Labute approximate surface area is 79.8 Å². The second-order valence-corrected chi connectivity index (χ2v) is 2.92. The van der Waals surface area contributed by atoms with Crippen LogP contribution < -0.4 is 0 Å². The molecule has 0 fully saturated rings. The minimum atomic E-state index is 1.08. The zero-order valence-corrected chi connectivity index (χ0v) is 8.03. The number of nitrogens with zero attached hydrogens (tertiary/aromatic N) is 1. The van der Waals surface area contributed by atoms with Crippen molar-refractivity contribution in [1.29, 1.82) is 0 Å². The second-order valence-electron chi connectivity index (χ2n) is 2.92. The van der Waals surface area contributed by atoms with Crippen molar-refractivity contribution in [2.24, 2.45) is 0 Å². The number of hydrogen-bond acceptors (Lipinski definition) is 1. The quantitative estimate of drug-likeness (QED) is 0.635. The number of hydrogen-bond donors (Lipinski definition) is 0. The summed E-state index contributed by atoms with van der Waals surface area (Å²) in [6.45, 7) is 5.89. The highest BCUT2D eigenvalue weighted by Crippen LogP contribution is 2.18. The molecule has 1 heterocycles. The molecule has 1 heteroatoms. The first-order chi connectivity index (χ1) is 6.38. The van der Waals surface area contributed by atoms with Gasteiger partial charge in [0.25, 0.3) is 0 Å². The van der Waals surface area contributed by atoms with Crippen LogP contribution in [0.25, 0.3) is 5.57 Å². The van der Waals surface area contributed by atoms with Crippen molar-refractivity contribution in [1.82, 2.24) is 4.98 Å². The van der Waals surface area contributed by atoms with Crippen LogP contribution in [0.3, 0.4) is 0 Å². The third-order valence-corrected chi connectivity index (χ3v) is 1.87. The Bertz CT molecular complexity index is 285. The predicted octanol–water partition coefficient (Wildman–Crippen LogP) is 3.45. The van der Waals surface area contributed by atoms with Crippen LogP contribution in [-0.2, 0) is 0 Å². The zero-order valence-electron chi connectivity index (χ0n) is 8.03. The van der Waals surface area contributed by atoms with Gasteiger partial charge in [-0.05, 0) is 23.6 Å². The van der Waals surface area contributed by atoms with Gasteiger partial charge in [0.05, 0.1) is 0 Å². The summed E-state index contributed by atoms with van der Waals surface area (Å²) < 4.78 is 0. The third-order valence-electron chi connectivity index (χ3n) is 1.87. The van der Waals surface area contributed by atoms with E-state index in [0.29, 0.717) is 0 Å². The van der Waals surface area contributed by atoms with E-state index < -0.39 is 0 Å². The van der Waals surface area contributed by atoms with Crippen molar-refractivity contribution in [3.8, 4) is 0 Å². The molecule has 13 heavy (non-hydrogen) atoms. The van der Waals surface area contributed by atoms with E-state index in [4.69, 9.17) is 0 Å². The van der Waals surface area contributed by atoms with Crippen LogP contribution in [-0.4, -0.2) is 4.98 Å². The number of pyridine rings is 1. The molecule has 0 saturated heterocycles. The number of allylic oxidation sites excluding steroid dienone is 3. The topological polar surface area (TPSA) is 12.9 Å². The average molecular weight is 173 g/mol. The Morgan fingerprint density at radius 1 is 1.62 bits per heavy atom. The molecule has 0 unspecified atom stereocenters. The van der Waals surface area contributed by atoms with Crippen LogP contribution in [0.1, 0.15) is 25.3 Å². The fourth-order valence-electron chi connectivity index (χ4n) is 1.29. The number of rotatable bonds is 4. The van der Waals surface area contributed by atoms with E-state index in [0.717, 1.165) is 12.8 Å². The molecule has 0 aliphatic rings. The molecule has 0 amide bonds. The molecular weight excluding hydrogens is 158 g/mol. The molecule has 1 rings (SSSR count). The highest BCUT2D eigenvalue weighted by molar-refractivity contribution is 5.66. The van der Waals surface area contributed by atoms with Gasteiger partial charge in [-0.1, -0.05) is 38.1 Å². The minimum absolute atomic E-state index is 1.08. The summed E-state index contributed by atoms with van der Waals surface area (Å²) >= 11 is 0. The van der Waals surface area contributed by atoms with E-state index >= 15 is 0 Å². The highest BCUT2D eigenvalue weighted by atomic mass is 14.6. The second kappa shape index (κ2) is 5.31. The Balaban J connectivity index is 2.89. The summed E-state index contributed by atoms with van der Waals surface area (Å²) in [5.41, 5.74) is 2.51.